The van der Waals surface area contributed by atoms with Crippen molar-refractivity contribution < 1.29 is 0 Å². The van der Waals surface area contributed by atoms with Gasteiger partial charge in [0.15, 0.2) is 0 Å². The van der Waals surface area contributed by atoms with E-state index in [1.54, 1.807) is 12.4 Å². The molecule has 0 amide bonds. The van der Waals surface area contributed by atoms with Crippen LogP contribution in [-0.4, -0.2) is 16.5 Å². The molecule has 0 spiro atoms. The van der Waals surface area contributed by atoms with Crippen LogP contribution in [0.4, 0.5) is 11.4 Å². The van der Waals surface area contributed by atoms with Crippen molar-refractivity contribution >= 4 is 11.4 Å². The molecular weight excluding hydrogens is 342 g/mol. The molecule has 2 aromatic heterocycles. The molecule has 0 saturated heterocycles. The van der Waals surface area contributed by atoms with E-state index in [1.807, 2.05) is 24.5 Å². The van der Waals surface area contributed by atoms with E-state index in [0.717, 1.165) is 24.3 Å². The molecule has 0 aliphatic heterocycles. The first-order valence-electron chi connectivity index (χ1n) is 9.54. The summed E-state index contributed by atoms with van der Waals surface area (Å²) < 4.78 is 0. The highest BCUT2D eigenvalue weighted by atomic mass is 15.1. The summed E-state index contributed by atoms with van der Waals surface area (Å²) in [4.78, 5) is 10.9. The molecule has 0 N–H and O–H groups in total. The van der Waals surface area contributed by atoms with Gasteiger partial charge in [0.05, 0.1) is 23.8 Å². The minimum atomic E-state index is 0.848. The average molecular weight is 365 g/mol. The van der Waals surface area contributed by atoms with Gasteiger partial charge in [-0.15, -0.1) is 0 Å². The Morgan fingerprint density at radius 2 is 1.43 bits per heavy atom. The molecule has 0 aliphatic rings. The third-order valence-electron chi connectivity index (χ3n) is 4.87. The van der Waals surface area contributed by atoms with E-state index in [1.165, 1.54) is 22.3 Å². The zero-order chi connectivity index (χ0) is 19.2. The highest BCUT2D eigenvalue weighted by molar-refractivity contribution is 5.68. The number of rotatable bonds is 6. The standard InChI is InChI=1S/C25H23N3/c1-20-11-12-25(21-7-3-2-4-8-21)22(17-20)13-16-28(23-9-5-14-26-18-23)24-10-6-15-27-19-24/h2-12,14-15,17-19H,13,16H2,1H3. The summed E-state index contributed by atoms with van der Waals surface area (Å²) in [5, 5.41) is 0. The second-order valence-corrected chi connectivity index (χ2v) is 6.85. The van der Waals surface area contributed by atoms with Crippen LogP contribution >= 0.6 is 0 Å². The molecule has 0 aliphatic carbocycles. The molecule has 0 radical (unpaired) electrons. The number of nitrogens with zero attached hydrogens (tertiary/aromatic N) is 3. The Morgan fingerprint density at radius 1 is 0.750 bits per heavy atom. The smallest absolute Gasteiger partial charge is 0.0597 e. The Balaban J connectivity index is 1.66. The molecule has 0 fully saturated rings. The first kappa shape index (κ1) is 17.9. The molecule has 3 nitrogen and oxygen atoms in total. The Labute approximate surface area is 166 Å². The van der Waals surface area contributed by atoms with Crippen LogP contribution in [0.15, 0.2) is 97.6 Å². The van der Waals surface area contributed by atoms with Gasteiger partial charge in [0.2, 0.25) is 0 Å². The fraction of sp³-hybridized carbons (Fsp3) is 0.120. The summed E-state index contributed by atoms with van der Waals surface area (Å²) in [6.45, 7) is 3.00. The Morgan fingerprint density at radius 3 is 2.04 bits per heavy atom. The summed E-state index contributed by atoms with van der Waals surface area (Å²) in [5.74, 6) is 0. The Kier molecular flexibility index (Phi) is 5.43. The molecular formula is C25H23N3. The molecule has 4 rings (SSSR count). The van der Waals surface area contributed by atoms with Crippen molar-refractivity contribution in [2.45, 2.75) is 13.3 Å². The van der Waals surface area contributed by atoms with Crippen molar-refractivity contribution in [3.8, 4) is 11.1 Å². The molecule has 2 heterocycles. The van der Waals surface area contributed by atoms with Gasteiger partial charge in [-0.2, -0.15) is 0 Å². The largest absolute Gasteiger partial charge is 0.339 e. The van der Waals surface area contributed by atoms with Gasteiger partial charge >= 0.3 is 0 Å². The number of hydrogen-bond donors (Lipinski definition) is 0. The third kappa shape index (κ3) is 4.09. The van der Waals surface area contributed by atoms with Crippen molar-refractivity contribution in [2.24, 2.45) is 0 Å². The van der Waals surface area contributed by atoms with Crippen LogP contribution < -0.4 is 4.90 Å². The monoisotopic (exact) mass is 365 g/mol. The van der Waals surface area contributed by atoms with E-state index in [-0.39, 0.29) is 0 Å². The maximum Gasteiger partial charge on any atom is 0.0597 e. The fourth-order valence-electron chi connectivity index (χ4n) is 3.50. The summed E-state index contributed by atoms with van der Waals surface area (Å²) in [6, 6.07) is 25.4. The van der Waals surface area contributed by atoms with E-state index in [4.69, 9.17) is 0 Å². The SMILES string of the molecule is Cc1ccc(-c2ccccc2)c(CCN(c2cccnc2)c2cccnc2)c1. The zero-order valence-electron chi connectivity index (χ0n) is 16.0. The van der Waals surface area contributed by atoms with Crippen LogP contribution in [-0.2, 0) is 6.42 Å². The van der Waals surface area contributed by atoms with E-state index < -0.39 is 0 Å². The average Bonchev–Trinajstić information content (AvgIpc) is 2.76. The van der Waals surface area contributed by atoms with Crippen LogP contribution in [0.25, 0.3) is 11.1 Å². The van der Waals surface area contributed by atoms with Crippen LogP contribution in [0.5, 0.6) is 0 Å². The minimum Gasteiger partial charge on any atom is -0.339 e. The molecule has 4 aromatic rings. The molecule has 138 valence electrons. The maximum atomic E-state index is 4.30. The molecule has 2 aromatic carbocycles. The summed E-state index contributed by atoms with van der Waals surface area (Å²) in [7, 11) is 0. The number of benzene rings is 2. The fourth-order valence-corrected chi connectivity index (χ4v) is 3.50. The van der Waals surface area contributed by atoms with Gasteiger partial charge in [0.1, 0.15) is 0 Å². The van der Waals surface area contributed by atoms with Gasteiger partial charge in [-0.25, -0.2) is 0 Å². The number of pyridine rings is 2. The molecule has 28 heavy (non-hydrogen) atoms. The van der Waals surface area contributed by atoms with Crippen LogP contribution in [0, 0.1) is 6.92 Å². The molecule has 0 atom stereocenters. The lowest BCUT2D eigenvalue weighted by molar-refractivity contribution is 0.907. The summed E-state index contributed by atoms with van der Waals surface area (Å²) >= 11 is 0. The van der Waals surface area contributed by atoms with Gasteiger partial charge in [-0.05, 0) is 54.3 Å². The van der Waals surface area contributed by atoms with Crippen LogP contribution in [0.2, 0.25) is 0 Å². The first-order chi connectivity index (χ1) is 13.8. The van der Waals surface area contributed by atoms with E-state index in [0.29, 0.717) is 0 Å². The van der Waals surface area contributed by atoms with Crippen LogP contribution in [0.3, 0.4) is 0 Å². The first-order valence-corrected chi connectivity index (χ1v) is 9.54. The number of aromatic nitrogens is 2. The highest BCUT2D eigenvalue weighted by Crippen LogP contribution is 2.28. The van der Waals surface area contributed by atoms with Crippen molar-refractivity contribution in [1.82, 2.24) is 9.97 Å². The van der Waals surface area contributed by atoms with Gasteiger partial charge < -0.3 is 4.90 Å². The van der Waals surface area contributed by atoms with E-state index in [9.17, 15) is 0 Å². The zero-order valence-corrected chi connectivity index (χ0v) is 16.0. The van der Waals surface area contributed by atoms with Crippen molar-refractivity contribution in [2.75, 3.05) is 11.4 Å². The van der Waals surface area contributed by atoms with Crippen molar-refractivity contribution in [3.63, 3.8) is 0 Å². The third-order valence-corrected chi connectivity index (χ3v) is 4.87. The molecule has 3 heteroatoms. The minimum absolute atomic E-state index is 0.848. The summed E-state index contributed by atoms with van der Waals surface area (Å²) in [5.41, 5.74) is 7.33. The number of anilines is 2. The topological polar surface area (TPSA) is 29.0 Å². The second kappa shape index (κ2) is 8.49. The van der Waals surface area contributed by atoms with Crippen molar-refractivity contribution in [3.05, 3.63) is 109 Å². The van der Waals surface area contributed by atoms with Gasteiger partial charge in [0.25, 0.3) is 0 Å². The summed E-state index contributed by atoms with van der Waals surface area (Å²) in [6.07, 6.45) is 8.34. The number of hydrogen-bond acceptors (Lipinski definition) is 3. The van der Waals surface area contributed by atoms with Crippen LogP contribution in [0.1, 0.15) is 11.1 Å². The van der Waals surface area contributed by atoms with Crippen molar-refractivity contribution in [1.29, 1.82) is 0 Å². The second-order valence-electron chi connectivity index (χ2n) is 6.85. The highest BCUT2D eigenvalue weighted by Gasteiger charge is 2.12. The quantitative estimate of drug-likeness (QED) is 0.430. The lowest BCUT2D eigenvalue weighted by Gasteiger charge is -2.25. The van der Waals surface area contributed by atoms with Gasteiger partial charge in [0, 0.05) is 18.9 Å². The predicted molar refractivity (Wildman–Crippen MR) is 116 cm³/mol. The Bertz CT molecular complexity index is 976. The lowest BCUT2D eigenvalue weighted by atomic mass is 9.95. The normalized spacial score (nSPS) is 10.6. The molecule has 0 unspecified atom stereocenters. The Hall–Kier alpha value is -3.46. The van der Waals surface area contributed by atoms with Gasteiger partial charge in [-0.3, -0.25) is 9.97 Å². The van der Waals surface area contributed by atoms with Gasteiger partial charge in [-0.1, -0.05) is 54.1 Å². The van der Waals surface area contributed by atoms with E-state index >= 15 is 0 Å². The predicted octanol–water partition coefficient (Wildman–Crippen LogP) is 5.83. The molecule has 0 saturated carbocycles. The maximum absolute atomic E-state index is 4.30. The number of aryl methyl sites for hydroxylation is 1. The molecule has 0 bridgehead atoms. The lowest BCUT2D eigenvalue weighted by Crippen LogP contribution is -2.20. The van der Waals surface area contributed by atoms with E-state index in [2.05, 4.69) is 82.5 Å².